The molecule has 2 rings (SSSR count). The Labute approximate surface area is 106 Å². The molecular formula is C11H11BrN2O3. The summed E-state index contributed by atoms with van der Waals surface area (Å²) in [7, 11) is 1.57. The van der Waals surface area contributed by atoms with Crippen molar-refractivity contribution in [2.45, 2.75) is 6.92 Å². The molecule has 0 aromatic carbocycles. The van der Waals surface area contributed by atoms with Gasteiger partial charge in [0.25, 0.3) is 0 Å². The summed E-state index contributed by atoms with van der Waals surface area (Å²) in [5.74, 6) is 0.260. The Morgan fingerprint density at radius 1 is 1.59 bits per heavy atom. The molecule has 0 spiro atoms. The van der Waals surface area contributed by atoms with Crippen molar-refractivity contribution in [1.82, 2.24) is 9.61 Å². The second kappa shape index (κ2) is 4.75. The lowest BCUT2D eigenvalue weighted by Crippen LogP contribution is -2.04. The molecule has 17 heavy (non-hydrogen) atoms. The van der Waals surface area contributed by atoms with Gasteiger partial charge in [-0.2, -0.15) is 5.10 Å². The molecule has 6 heteroatoms. The molecule has 0 N–H and O–H groups in total. The highest BCUT2D eigenvalue weighted by Gasteiger charge is 2.15. The molecular weight excluding hydrogens is 288 g/mol. The number of esters is 1. The molecule has 0 radical (unpaired) electrons. The van der Waals surface area contributed by atoms with Crippen LogP contribution in [0, 0.1) is 0 Å². The van der Waals surface area contributed by atoms with E-state index in [1.165, 1.54) is 6.20 Å². The molecule has 2 heterocycles. The van der Waals surface area contributed by atoms with Crippen molar-refractivity contribution in [3.8, 4) is 5.75 Å². The minimum absolute atomic E-state index is 0.337. The average Bonchev–Trinajstić information content (AvgIpc) is 2.70. The van der Waals surface area contributed by atoms with Crippen molar-refractivity contribution in [3.05, 3.63) is 28.5 Å². The number of aromatic nitrogens is 2. The van der Waals surface area contributed by atoms with Crippen molar-refractivity contribution in [3.63, 3.8) is 0 Å². The zero-order chi connectivity index (χ0) is 12.4. The lowest BCUT2D eigenvalue weighted by molar-refractivity contribution is 0.0528. The first-order valence-electron chi connectivity index (χ1n) is 5.05. The highest BCUT2D eigenvalue weighted by atomic mass is 79.9. The summed E-state index contributed by atoms with van der Waals surface area (Å²) in [5, 5.41) is 4.09. The summed E-state index contributed by atoms with van der Waals surface area (Å²) in [6, 6.07) is 1.74. The molecule has 2 aromatic rings. The van der Waals surface area contributed by atoms with Crippen LogP contribution < -0.4 is 4.74 Å². The largest absolute Gasteiger partial charge is 0.495 e. The van der Waals surface area contributed by atoms with Gasteiger partial charge in [0.15, 0.2) is 0 Å². The third-order valence-corrected chi connectivity index (χ3v) is 2.88. The molecule has 5 nitrogen and oxygen atoms in total. The van der Waals surface area contributed by atoms with Crippen LogP contribution in [0.15, 0.2) is 22.9 Å². The minimum atomic E-state index is -0.383. The summed E-state index contributed by atoms with van der Waals surface area (Å²) in [6.07, 6.45) is 3.22. The number of methoxy groups -OCH3 is 1. The van der Waals surface area contributed by atoms with Gasteiger partial charge >= 0.3 is 5.97 Å². The van der Waals surface area contributed by atoms with Gasteiger partial charge in [0.05, 0.1) is 29.9 Å². The standard InChI is InChI=1S/C11H11BrN2O3/c1-3-17-11(15)7-5-13-14-6-8(12)10(16-2)4-9(7)14/h4-6H,3H2,1-2H3. The Bertz CT molecular complexity index is 565. The van der Waals surface area contributed by atoms with E-state index in [4.69, 9.17) is 9.47 Å². The van der Waals surface area contributed by atoms with E-state index in [0.717, 1.165) is 4.47 Å². The van der Waals surface area contributed by atoms with Gasteiger partial charge in [-0.1, -0.05) is 0 Å². The molecule has 0 amide bonds. The van der Waals surface area contributed by atoms with E-state index in [-0.39, 0.29) is 5.97 Å². The van der Waals surface area contributed by atoms with Crippen molar-refractivity contribution >= 4 is 27.4 Å². The maximum atomic E-state index is 11.7. The highest BCUT2D eigenvalue weighted by molar-refractivity contribution is 9.10. The van der Waals surface area contributed by atoms with Crippen LogP contribution in [-0.2, 0) is 4.74 Å². The van der Waals surface area contributed by atoms with Crippen molar-refractivity contribution in [2.75, 3.05) is 13.7 Å². The fourth-order valence-electron chi connectivity index (χ4n) is 1.51. The Morgan fingerprint density at radius 2 is 2.35 bits per heavy atom. The van der Waals surface area contributed by atoms with Gasteiger partial charge < -0.3 is 9.47 Å². The monoisotopic (exact) mass is 298 g/mol. The number of nitrogens with zero attached hydrogens (tertiary/aromatic N) is 2. The van der Waals surface area contributed by atoms with Gasteiger partial charge in [-0.05, 0) is 22.9 Å². The van der Waals surface area contributed by atoms with Gasteiger partial charge in [-0.3, -0.25) is 0 Å². The zero-order valence-electron chi connectivity index (χ0n) is 9.44. The molecule has 0 saturated carbocycles. The van der Waals surface area contributed by atoms with E-state index in [1.807, 2.05) is 0 Å². The summed E-state index contributed by atoms with van der Waals surface area (Å²) in [4.78, 5) is 11.7. The van der Waals surface area contributed by atoms with Gasteiger partial charge in [0, 0.05) is 12.3 Å². The predicted octanol–water partition coefficient (Wildman–Crippen LogP) is 2.28. The molecule has 90 valence electrons. The van der Waals surface area contributed by atoms with Crippen LogP contribution in [0.4, 0.5) is 0 Å². The van der Waals surface area contributed by atoms with E-state index in [9.17, 15) is 4.79 Å². The van der Waals surface area contributed by atoms with Crippen LogP contribution in [0.25, 0.3) is 5.52 Å². The molecule has 0 aliphatic heterocycles. The molecule has 2 aromatic heterocycles. The van der Waals surface area contributed by atoms with Gasteiger partial charge in [0.1, 0.15) is 11.3 Å². The van der Waals surface area contributed by atoms with Crippen LogP contribution in [0.5, 0.6) is 5.75 Å². The third kappa shape index (κ3) is 2.12. The van der Waals surface area contributed by atoms with Gasteiger partial charge in [0.2, 0.25) is 0 Å². The van der Waals surface area contributed by atoms with Gasteiger partial charge in [-0.15, -0.1) is 0 Å². The van der Waals surface area contributed by atoms with E-state index in [1.54, 1.807) is 30.8 Å². The maximum absolute atomic E-state index is 11.7. The van der Waals surface area contributed by atoms with E-state index in [2.05, 4.69) is 21.0 Å². The Balaban J connectivity index is 2.55. The van der Waals surface area contributed by atoms with Crippen LogP contribution in [0.2, 0.25) is 0 Å². The molecule has 0 bridgehead atoms. The van der Waals surface area contributed by atoms with Crippen molar-refractivity contribution in [2.24, 2.45) is 0 Å². The number of fused-ring (bicyclic) bond motifs is 1. The second-order valence-corrected chi connectivity index (χ2v) is 4.15. The smallest absolute Gasteiger partial charge is 0.341 e. The average molecular weight is 299 g/mol. The lowest BCUT2D eigenvalue weighted by atomic mass is 10.2. The van der Waals surface area contributed by atoms with E-state index >= 15 is 0 Å². The van der Waals surface area contributed by atoms with Crippen LogP contribution in [0.1, 0.15) is 17.3 Å². The number of carbonyl (C=O) groups is 1. The fraction of sp³-hybridized carbons (Fsp3) is 0.273. The lowest BCUT2D eigenvalue weighted by Gasteiger charge is -2.04. The SMILES string of the molecule is CCOC(=O)c1cnn2cc(Br)c(OC)cc12. The highest BCUT2D eigenvalue weighted by Crippen LogP contribution is 2.27. The fourth-order valence-corrected chi connectivity index (χ4v) is 1.98. The Morgan fingerprint density at radius 3 is 3.00 bits per heavy atom. The summed E-state index contributed by atoms with van der Waals surface area (Å²) in [6.45, 7) is 2.10. The minimum Gasteiger partial charge on any atom is -0.495 e. The molecule has 0 fully saturated rings. The van der Waals surface area contributed by atoms with Crippen LogP contribution >= 0.6 is 15.9 Å². The first-order valence-corrected chi connectivity index (χ1v) is 5.84. The van der Waals surface area contributed by atoms with Crippen LogP contribution in [0.3, 0.4) is 0 Å². The summed E-state index contributed by atoms with van der Waals surface area (Å²) >= 11 is 3.35. The number of rotatable bonds is 3. The topological polar surface area (TPSA) is 52.8 Å². The molecule has 0 unspecified atom stereocenters. The number of carbonyl (C=O) groups excluding carboxylic acids is 1. The zero-order valence-corrected chi connectivity index (χ0v) is 11.0. The number of ether oxygens (including phenoxy) is 2. The number of pyridine rings is 1. The Kier molecular flexibility index (Phi) is 3.33. The van der Waals surface area contributed by atoms with Crippen LogP contribution in [-0.4, -0.2) is 29.3 Å². The Hall–Kier alpha value is -1.56. The quantitative estimate of drug-likeness (QED) is 0.816. The van der Waals surface area contributed by atoms with Gasteiger partial charge in [-0.25, -0.2) is 9.31 Å². The predicted molar refractivity (Wildman–Crippen MR) is 65.4 cm³/mol. The van der Waals surface area contributed by atoms with E-state index < -0.39 is 0 Å². The second-order valence-electron chi connectivity index (χ2n) is 3.30. The molecule has 0 saturated heterocycles. The van der Waals surface area contributed by atoms with Crippen molar-refractivity contribution in [1.29, 1.82) is 0 Å². The number of hydrogen-bond donors (Lipinski definition) is 0. The molecule has 0 atom stereocenters. The van der Waals surface area contributed by atoms with Crippen molar-refractivity contribution < 1.29 is 14.3 Å². The maximum Gasteiger partial charge on any atom is 0.341 e. The number of hydrogen-bond acceptors (Lipinski definition) is 4. The number of halogens is 1. The third-order valence-electron chi connectivity index (χ3n) is 2.29. The normalized spacial score (nSPS) is 10.5. The van der Waals surface area contributed by atoms with E-state index in [0.29, 0.717) is 23.4 Å². The first-order chi connectivity index (χ1) is 8.17. The molecule has 0 aliphatic carbocycles. The summed E-state index contributed by atoms with van der Waals surface area (Å²) in [5.41, 5.74) is 1.08. The summed E-state index contributed by atoms with van der Waals surface area (Å²) < 4.78 is 12.5. The first kappa shape index (κ1) is 11.9. The molecule has 0 aliphatic rings.